The van der Waals surface area contributed by atoms with Crippen LogP contribution in [0.1, 0.15) is 37.0 Å². The number of hydrogen-bond acceptors (Lipinski definition) is 4. The van der Waals surface area contributed by atoms with Gasteiger partial charge in [-0.25, -0.2) is 4.98 Å². The van der Waals surface area contributed by atoms with E-state index >= 15 is 0 Å². The molecule has 0 spiro atoms. The molecule has 2 rings (SSSR count). The fourth-order valence-corrected chi connectivity index (χ4v) is 2.70. The van der Waals surface area contributed by atoms with Crippen LogP contribution in [0.5, 0.6) is 0 Å². The molecule has 0 aromatic carbocycles. The molecule has 1 fully saturated rings. The van der Waals surface area contributed by atoms with Crippen LogP contribution in [0.3, 0.4) is 0 Å². The third kappa shape index (κ3) is 3.70. The summed E-state index contributed by atoms with van der Waals surface area (Å²) < 4.78 is 0. The van der Waals surface area contributed by atoms with Gasteiger partial charge in [-0.05, 0) is 45.0 Å². The zero-order valence-corrected chi connectivity index (χ0v) is 12.4. The molecule has 1 aromatic heterocycles. The molecule has 1 unspecified atom stereocenters. The monoisotopic (exact) mass is 276 g/mol. The van der Waals surface area contributed by atoms with Gasteiger partial charge in [0, 0.05) is 30.9 Å². The van der Waals surface area contributed by atoms with Crippen molar-refractivity contribution in [2.24, 2.45) is 0 Å². The number of nitrogens with zero attached hydrogens (tertiary/aromatic N) is 2. The highest BCUT2D eigenvalue weighted by molar-refractivity contribution is 5.94. The van der Waals surface area contributed by atoms with E-state index < -0.39 is 0 Å². The Labute approximate surface area is 120 Å². The first-order valence-electron chi connectivity index (χ1n) is 7.46. The smallest absolute Gasteiger partial charge is 0.251 e. The van der Waals surface area contributed by atoms with Gasteiger partial charge < -0.3 is 10.6 Å². The van der Waals surface area contributed by atoms with Crippen molar-refractivity contribution in [3.63, 3.8) is 0 Å². The molecule has 0 aliphatic carbocycles. The minimum atomic E-state index is -0.0190. The quantitative estimate of drug-likeness (QED) is 0.831. The van der Waals surface area contributed by atoms with Gasteiger partial charge in [0.1, 0.15) is 5.82 Å². The summed E-state index contributed by atoms with van der Waals surface area (Å²) in [7, 11) is 0. The Kier molecular flexibility index (Phi) is 5.35. The highest BCUT2D eigenvalue weighted by Gasteiger charge is 2.23. The summed E-state index contributed by atoms with van der Waals surface area (Å²) in [4.78, 5) is 18.8. The van der Waals surface area contributed by atoms with E-state index in [9.17, 15) is 4.79 Å². The maximum absolute atomic E-state index is 12.2. The van der Waals surface area contributed by atoms with Crippen LogP contribution in [0.25, 0.3) is 0 Å². The number of carbonyl (C=O) groups excluding carboxylic acids is 1. The van der Waals surface area contributed by atoms with Crippen LogP contribution in [-0.4, -0.2) is 48.0 Å². The van der Waals surface area contributed by atoms with Crippen molar-refractivity contribution >= 4 is 11.7 Å². The predicted octanol–water partition coefficient (Wildman–Crippen LogP) is 1.73. The third-order valence-corrected chi connectivity index (χ3v) is 3.78. The summed E-state index contributed by atoms with van der Waals surface area (Å²) in [6.07, 6.45) is 4.07. The minimum absolute atomic E-state index is 0.0190. The maximum atomic E-state index is 12.2. The number of rotatable bonds is 6. The van der Waals surface area contributed by atoms with E-state index in [4.69, 9.17) is 0 Å². The van der Waals surface area contributed by atoms with Crippen LogP contribution in [0.4, 0.5) is 5.82 Å². The average molecular weight is 276 g/mol. The Balaban J connectivity index is 1.89. The second-order valence-corrected chi connectivity index (χ2v) is 5.09. The van der Waals surface area contributed by atoms with Gasteiger partial charge >= 0.3 is 0 Å². The summed E-state index contributed by atoms with van der Waals surface area (Å²) >= 11 is 0. The molecule has 20 heavy (non-hydrogen) atoms. The number of amides is 1. The fourth-order valence-electron chi connectivity index (χ4n) is 2.70. The molecule has 1 aliphatic heterocycles. The Morgan fingerprint density at radius 2 is 2.35 bits per heavy atom. The molecule has 1 amide bonds. The Hall–Kier alpha value is -1.62. The fraction of sp³-hybridized carbons (Fsp3) is 0.600. The predicted molar refractivity (Wildman–Crippen MR) is 81.0 cm³/mol. The van der Waals surface area contributed by atoms with Gasteiger partial charge in [-0.3, -0.25) is 9.69 Å². The number of aromatic nitrogens is 1. The first-order chi connectivity index (χ1) is 9.74. The molecule has 0 radical (unpaired) electrons. The average Bonchev–Trinajstić information content (AvgIpc) is 2.93. The van der Waals surface area contributed by atoms with Crippen LogP contribution in [-0.2, 0) is 0 Å². The van der Waals surface area contributed by atoms with E-state index in [1.807, 2.05) is 6.92 Å². The van der Waals surface area contributed by atoms with Crippen molar-refractivity contribution in [3.8, 4) is 0 Å². The van der Waals surface area contributed by atoms with Gasteiger partial charge in [0.15, 0.2) is 0 Å². The molecular formula is C15H24N4O. The molecule has 1 aliphatic rings. The maximum Gasteiger partial charge on any atom is 0.251 e. The van der Waals surface area contributed by atoms with Crippen LogP contribution in [0, 0.1) is 0 Å². The van der Waals surface area contributed by atoms with Crippen molar-refractivity contribution in [2.75, 3.05) is 31.5 Å². The van der Waals surface area contributed by atoms with E-state index in [2.05, 4.69) is 27.4 Å². The molecule has 0 saturated carbocycles. The van der Waals surface area contributed by atoms with Gasteiger partial charge in [-0.15, -0.1) is 0 Å². The lowest BCUT2D eigenvalue weighted by atomic mass is 10.2. The van der Waals surface area contributed by atoms with Gasteiger partial charge in [0.25, 0.3) is 5.91 Å². The molecule has 1 aromatic rings. The molecule has 1 saturated heterocycles. The van der Waals surface area contributed by atoms with Gasteiger partial charge in [0.05, 0.1) is 0 Å². The van der Waals surface area contributed by atoms with E-state index in [-0.39, 0.29) is 5.91 Å². The lowest BCUT2D eigenvalue weighted by Crippen LogP contribution is -2.40. The summed E-state index contributed by atoms with van der Waals surface area (Å²) in [5, 5.41) is 6.16. The molecule has 2 N–H and O–H groups in total. The molecule has 5 heteroatoms. The second kappa shape index (κ2) is 7.24. The van der Waals surface area contributed by atoms with E-state index in [1.54, 1.807) is 18.3 Å². The standard InChI is InChI=1S/C15H24N4O/c1-3-16-14-10-12(7-8-17-14)15(20)18-11-13-6-5-9-19(13)4-2/h7-8,10,13H,3-6,9,11H2,1-2H3,(H,16,17)(H,18,20). The van der Waals surface area contributed by atoms with Crippen LogP contribution in [0.15, 0.2) is 18.3 Å². The molecule has 2 heterocycles. The van der Waals surface area contributed by atoms with Crippen molar-refractivity contribution in [1.29, 1.82) is 0 Å². The van der Waals surface area contributed by atoms with Crippen LogP contribution in [0.2, 0.25) is 0 Å². The topological polar surface area (TPSA) is 57.3 Å². The normalized spacial score (nSPS) is 19.0. The number of hydrogen-bond donors (Lipinski definition) is 2. The Morgan fingerprint density at radius 1 is 1.50 bits per heavy atom. The molecule has 1 atom stereocenters. The minimum Gasteiger partial charge on any atom is -0.370 e. The highest BCUT2D eigenvalue weighted by Crippen LogP contribution is 2.15. The lowest BCUT2D eigenvalue weighted by molar-refractivity contribution is 0.0941. The number of carbonyl (C=O) groups is 1. The van der Waals surface area contributed by atoms with Gasteiger partial charge in [0.2, 0.25) is 0 Å². The molecule has 110 valence electrons. The summed E-state index contributed by atoms with van der Waals surface area (Å²) in [5.74, 6) is 0.728. The van der Waals surface area contributed by atoms with Crippen molar-refractivity contribution in [2.45, 2.75) is 32.7 Å². The van der Waals surface area contributed by atoms with Gasteiger partial charge in [-0.2, -0.15) is 0 Å². The molecule has 0 bridgehead atoms. The number of likely N-dealkylation sites (N-methyl/N-ethyl adjacent to an activating group) is 1. The molecular weight excluding hydrogens is 252 g/mol. The SMILES string of the molecule is CCNc1cc(C(=O)NCC2CCCN2CC)ccn1. The van der Waals surface area contributed by atoms with Crippen molar-refractivity contribution in [3.05, 3.63) is 23.9 Å². The number of pyridine rings is 1. The summed E-state index contributed by atoms with van der Waals surface area (Å²) in [5.41, 5.74) is 0.664. The molecule has 5 nitrogen and oxygen atoms in total. The van der Waals surface area contributed by atoms with E-state index in [1.165, 1.54) is 12.8 Å². The van der Waals surface area contributed by atoms with Crippen LogP contribution < -0.4 is 10.6 Å². The number of likely N-dealkylation sites (tertiary alicyclic amines) is 1. The lowest BCUT2D eigenvalue weighted by Gasteiger charge is -2.22. The number of anilines is 1. The van der Waals surface area contributed by atoms with Crippen LogP contribution >= 0.6 is 0 Å². The Morgan fingerprint density at radius 3 is 3.10 bits per heavy atom. The van der Waals surface area contributed by atoms with E-state index in [0.29, 0.717) is 11.6 Å². The zero-order chi connectivity index (χ0) is 14.4. The van der Waals surface area contributed by atoms with Crippen molar-refractivity contribution < 1.29 is 4.79 Å². The summed E-state index contributed by atoms with van der Waals surface area (Å²) in [6, 6.07) is 4.03. The summed E-state index contributed by atoms with van der Waals surface area (Å²) in [6.45, 7) is 7.91. The second-order valence-electron chi connectivity index (χ2n) is 5.09. The third-order valence-electron chi connectivity index (χ3n) is 3.78. The zero-order valence-electron chi connectivity index (χ0n) is 12.4. The van der Waals surface area contributed by atoms with E-state index in [0.717, 1.165) is 32.0 Å². The highest BCUT2D eigenvalue weighted by atomic mass is 16.1. The first-order valence-corrected chi connectivity index (χ1v) is 7.46. The first kappa shape index (κ1) is 14.8. The largest absolute Gasteiger partial charge is 0.370 e. The Bertz CT molecular complexity index is 449. The number of nitrogens with one attached hydrogen (secondary N) is 2. The van der Waals surface area contributed by atoms with Crippen molar-refractivity contribution in [1.82, 2.24) is 15.2 Å². The van der Waals surface area contributed by atoms with Gasteiger partial charge in [-0.1, -0.05) is 6.92 Å².